The number of rotatable bonds is 7. The van der Waals surface area contributed by atoms with Crippen molar-refractivity contribution in [2.24, 2.45) is 0 Å². The Bertz CT molecular complexity index is 888. The van der Waals surface area contributed by atoms with Gasteiger partial charge in [-0.2, -0.15) is 0 Å². The molecule has 1 amide bonds. The number of carbonyl (C=O) groups is 2. The zero-order chi connectivity index (χ0) is 20.3. The van der Waals surface area contributed by atoms with E-state index < -0.39 is 12.1 Å². The van der Waals surface area contributed by atoms with Gasteiger partial charge in [0.1, 0.15) is 11.5 Å². The Hall–Kier alpha value is -2.87. The second-order valence-electron chi connectivity index (χ2n) is 6.36. The van der Waals surface area contributed by atoms with Crippen molar-refractivity contribution in [1.82, 2.24) is 9.97 Å². The van der Waals surface area contributed by atoms with Gasteiger partial charge < -0.3 is 19.5 Å². The lowest BCUT2D eigenvalue weighted by Gasteiger charge is -2.30. The van der Waals surface area contributed by atoms with E-state index in [1.165, 1.54) is 4.90 Å². The molecule has 2 aromatic rings. The summed E-state index contributed by atoms with van der Waals surface area (Å²) in [5.41, 5.74) is 1.37. The third-order valence-corrected chi connectivity index (χ3v) is 4.53. The lowest BCUT2D eigenvalue weighted by Crippen LogP contribution is -2.40. The molecule has 0 saturated heterocycles. The fourth-order valence-corrected chi connectivity index (χ4v) is 2.99. The maximum atomic E-state index is 12.1. The number of fused-ring (bicyclic) bond motifs is 1. The molecule has 1 aromatic heterocycles. The van der Waals surface area contributed by atoms with Gasteiger partial charge in [0.15, 0.2) is 18.5 Å². The van der Waals surface area contributed by atoms with Crippen LogP contribution in [0.5, 0.6) is 11.5 Å². The van der Waals surface area contributed by atoms with E-state index in [2.05, 4.69) is 9.97 Å². The first-order valence-electron chi connectivity index (χ1n) is 8.82. The number of halogens is 1. The summed E-state index contributed by atoms with van der Waals surface area (Å²) < 4.78 is 11.5. The van der Waals surface area contributed by atoms with Gasteiger partial charge in [0, 0.05) is 25.0 Å². The van der Waals surface area contributed by atoms with Crippen LogP contribution in [0.15, 0.2) is 24.5 Å². The molecule has 0 saturated carbocycles. The van der Waals surface area contributed by atoms with Gasteiger partial charge in [0.05, 0.1) is 17.1 Å². The first kappa shape index (κ1) is 22.4. The Balaban J connectivity index is 0.00000300. The van der Waals surface area contributed by atoms with Crippen molar-refractivity contribution in [2.75, 3.05) is 18.1 Å². The molecule has 1 atom stereocenters. The average Bonchev–Trinajstić information content (AvgIpc) is 2.66. The van der Waals surface area contributed by atoms with Crippen LogP contribution in [0.25, 0.3) is 0 Å². The minimum absolute atomic E-state index is 0. The van der Waals surface area contributed by atoms with Gasteiger partial charge in [0.2, 0.25) is 0 Å². The van der Waals surface area contributed by atoms with E-state index in [0.717, 1.165) is 5.56 Å². The van der Waals surface area contributed by atoms with Crippen LogP contribution in [0.4, 0.5) is 5.69 Å². The Labute approximate surface area is 174 Å². The normalized spacial score (nSPS) is 13.8. The summed E-state index contributed by atoms with van der Waals surface area (Å²) in [5.74, 6) is 0.0165. The van der Waals surface area contributed by atoms with Crippen LogP contribution in [0.1, 0.15) is 44.7 Å². The number of nitrogens with zero attached hydrogens (tertiary/aromatic N) is 3. The summed E-state index contributed by atoms with van der Waals surface area (Å²) in [6, 6.07) is 3.16. The molecule has 1 aromatic carbocycles. The molecular weight excluding hydrogens is 398 g/mol. The van der Waals surface area contributed by atoms with Crippen molar-refractivity contribution in [1.29, 1.82) is 0 Å². The van der Waals surface area contributed by atoms with Gasteiger partial charge in [-0.3, -0.25) is 9.59 Å². The average molecular weight is 422 g/mol. The summed E-state index contributed by atoms with van der Waals surface area (Å²) >= 11 is 6.38. The number of amides is 1. The van der Waals surface area contributed by atoms with E-state index in [-0.39, 0.29) is 37.9 Å². The maximum Gasteiger partial charge on any atom is 0.305 e. The van der Waals surface area contributed by atoms with Crippen LogP contribution < -0.4 is 14.4 Å². The fraction of sp³-hybridized carbons (Fsp3) is 0.400. The molecule has 0 fully saturated rings. The van der Waals surface area contributed by atoms with E-state index in [1.807, 2.05) is 13.8 Å². The zero-order valence-corrected chi connectivity index (χ0v) is 16.3. The van der Waals surface area contributed by atoms with Gasteiger partial charge >= 0.3 is 5.97 Å². The SMILES string of the molecule is C.CC[C@H](Oc1cc2c(cc1Cl)N(CCC(=O)O)C(=O)CO2)c1ncc(C)cn1. The Kier molecular flexibility index (Phi) is 7.39. The molecule has 0 radical (unpaired) electrons. The van der Waals surface area contributed by atoms with E-state index in [4.69, 9.17) is 26.2 Å². The van der Waals surface area contributed by atoms with Crippen LogP contribution in [-0.2, 0) is 9.59 Å². The molecule has 156 valence electrons. The van der Waals surface area contributed by atoms with Gasteiger partial charge in [-0.15, -0.1) is 0 Å². The zero-order valence-electron chi connectivity index (χ0n) is 15.5. The highest BCUT2D eigenvalue weighted by atomic mass is 35.5. The number of carboxylic acid groups (broad SMARTS) is 1. The van der Waals surface area contributed by atoms with Crippen molar-refractivity contribution in [3.63, 3.8) is 0 Å². The van der Waals surface area contributed by atoms with Gasteiger partial charge in [-0.1, -0.05) is 26.0 Å². The van der Waals surface area contributed by atoms with Gasteiger partial charge in [0.25, 0.3) is 5.91 Å². The molecular formula is C20H24ClN3O5. The van der Waals surface area contributed by atoms with E-state index in [9.17, 15) is 9.59 Å². The predicted molar refractivity (Wildman–Crippen MR) is 109 cm³/mol. The van der Waals surface area contributed by atoms with Gasteiger partial charge in [-0.05, 0) is 25.0 Å². The van der Waals surface area contributed by atoms with Gasteiger partial charge in [-0.25, -0.2) is 9.97 Å². The number of hydrogen-bond acceptors (Lipinski definition) is 6. The minimum Gasteiger partial charge on any atom is -0.481 e. The molecule has 1 N–H and O–H groups in total. The molecule has 9 heteroatoms. The van der Waals surface area contributed by atoms with Crippen LogP contribution in [0, 0.1) is 6.92 Å². The highest BCUT2D eigenvalue weighted by Crippen LogP contribution is 2.41. The first-order chi connectivity index (χ1) is 13.4. The van der Waals surface area contributed by atoms with Crippen LogP contribution in [-0.4, -0.2) is 40.1 Å². The number of hydrogen-bond donors (Lipinski definition) is 1. The Morgan fingerprint density at radius 2 is 2.07 bits per heavy atom. The van der Waals surface area contributed by atoms with Crippen molar-refractivity contribution in [3.8, 4) is 11.5 Å². The molecule has 0 bridgehead atoms. The number of carboxylic acids is 1. The summed E-state index contributed by atoms with van der Waals surface area (Å²) in [6.07, 6.45) is 3.49. The quantitative estimate of drug-likeness (QED) is 0.725. The van der Waals surface area contributed by atoms with Crippen molar-refractivity contribution < 1.29 is 24.2 Å². The smallest absolute Gasteiger partial charge is 0.305 e. The molecule has 1 aliphatic rings. The number of anilines is 1. The molecule has 3 rings (SSSR count). The van der Waals surface area contributed by atoms with E-state index in [1.54, 1.807) is 24.5 Å². The monoisotopic (exact) mass is 421 g/mol. The van der Waals surface area contributed by atoms with Crippen molar-refractivity contribution in [2.45, 2.75) is 40.2 Å². The third kappa shape index (κ3) is 5.14. The number of carbonyl (C=O) groups excluding carboxylic acids is 1. The van der Waals surface area contributed by atoms with E-state index in [0.29, 0.717) is 29.4 Å². The summed E-state index contributed by atoms with van der Waals surface area (Å²) in [7, 11) is 0. The summed E-state index contributed by atoms with van der Waals surface area (Å²) in [4.78, 5) is 33.0. The maximum absolute atomic E-state index is 12.1. The van der Waals surface area contributed by atoms with Crippen LogP contribution in [0.3, 0.4) is 0 Å². The minimum atomic E-state index is -0.990. The lowest BCUT2D eigenvalue weighted by atomic mass is 10.2. The molecule has 0 spiro atoms. The van der Waals surface area contributed by atoms with Crippen LogP contribution in [0.2, 0.25) is 5.02 Å². The third-order valence-electron chi connectivity index (χ3n) is 4.23. The number of benzene rings is 1. The summed E-state index contributed by atoms with van der Waals surface area (Å²) in [5, 5.41) is 9.18. The standard InChI is InChI=1S/C19H20ClN3O5.CH4/c1-3-14(19-21-8-11(2)9-22-19)28-15-7-16-13(6-12(15)20)23(5-4-18(25)26)17(24)10-27-16;/h6-9,14H,3-5,10H2,1-2H3,(H,25,26);1H4/t14-;/m0./s1. The molecule has 1 aliphatic heterocycles. The fourth-order valence-electron chi connectivity index (χ4n) is 2.79. The second kappa shape index (κ2) is 9.56. The molecule has 29 heavy (non-hydrogen) atoms. The molecule has 0 aliphatic carbocycles. The Morgan fingerprint density at radius 3 is 2.69 bits per heavy atom. The second-order valence-corrected chi connectivity index (χ2v) is 6.77. The molecule has 8 nitrogen and oxygen atoms in total. The Morgan fingerprint density at radius 1 is 1.38 bits per heavy atom. The molecule has 2 heterocycles. The topological polar surface area (TPSA) is 102 Å². The highest BCUT2D eigenvalue weighted by Gasteiger charge is 2.28. The largest absolute Gasteiger partial charge is 0.481 e. The number of aromatic nitrogens is 2. The van der Waals surface area contributed by atoms with Crippen LogP contribution >= 0.6 is 11.6 Å². The number of aliphatic carboxylic acids is 1. The lowest BCUT2D eigenvalue weighted by molar-refractivity contribution is -0.136. The van der Waals surface area contributed by atoms with Crippen molar-refractivity contribution in [3.05, 3.63) is 40.9 Å². The summed E-state index contributed by atoms with van der Waals surface area (Å²) in [6.45, 7) is 3.71. The van der Waals surface area contributed by atoms with Crippen molar-refractivity contribution >= 4 is 29.2 Å². The van der Waals surface area contributed by atoms with E-state index >= 15 is 0 Å². The highest BCUT2D eigenvalue weighted by molar-refractivity contribution is 6.32. The number of ether oxygens (including phenoxy) is 2. The first-order valence-corrected chi connectivity index (χ1v) is 9.20. The number of aryl methyl sites for hydroxylation is 1. The predicted octanol–water partition coefficient (Wildman–Crippen LogP) is 3.80. The molecule has 0 unspecified atom stereocenters.